The van der Waals surface area contributed by atoms with Crippen molar-refractivity contribution in [2.24, 2.45) is 11.7 Å². The van der Waals surface area contributed by atoms with E-state index in [1.54, 1.807) is 0 Å². The van der Waals surface area contributed by atoms with Crippen molar-refractivity contribution in [3.05, 3.63) is 18.2 Å². The van der Waals surface area contributed by atoms with Gasteiger partial charge in [-0.05, 0) is 38.3 Å². The first-order valence-corrected chi connectivity index (χ1v) is 7.61. The molecule has 5 nitrogen and oxygen atoms in total. The summed E-state index contributed by atoms with van der Waals surface area (Å²) in [6.07, 6.45) is 2.76. The number of rotatable bonds is 5. The Morgan fingerprint density at radius 1 is 1.43 bits per heavy atom. The molecule has 1 aromatic carbocycles. The van der Waals surface area contributed by atoms with Crippen LogP contribution < -0.4 is 21.1 Å². The minimum absolute atomic E-state index is 0.0845. The summed E-state index contributed by atoms with van der Waals surface area (Å²) in [6.45, 7) is 5.53. The third-order valence-electron chi connectivity index (χ3n) is 4.07. The third kappa shape index (κ3) is 3.60. The molecule has 1 amide bonds. The lowest BCUT2D eigenvalue weighted by Crippen LogP contribution is -2.45. The van der Waals surface area contributed by atoms with Gasteiger partial charge < -0.3 is 21.1 Å². The van der Waals surface area contributed by atoms with E-state index in [1.807, 2.05) is 18.2 Å². The van der Waals surface area contributed by atoms with E-state index in [-0.39, 0.29) is 11.8 Å². The lowest BCUT2D eigenvalue weighted by molar-refractivity contribution is -0.122. The normalized spacial score (nSPS) is 22.1. The van der Waals surface area contributed by atoms with E-state index >= 15 is 0 Å². The minimum atomic E-state index is -0.218. The number of nitrogens with zero attached hydrogens (tertiary/aromatic N) is 1. The van der Waals surface area contributed by atoms with E-state index < -0.39 is 0 Å². The van der Waals surface area contributed by atoms with Gasteiger partial charge in [0.1, 0.15) is 5.75 Å². The Kier molecular flexibility index (Phi) is 4.94. The van der Waals surface area contributed by atoms with Gasteiger partial charge >= 0.3 is 0 Å². The van der Waals surface area contributed by atoms with E-state index in [2.05, 4.69) is 18.7 Å². The van der Waals surface area contributed by atoms with Crippen molar-refractivity contribution in [1.29, 1.82) is 0 Å². The number of piperidine rings is 1. The van der Waals surface area contributed by atoms with Crippen LogP contribution in [0.2, 0.25) is 0 Å². The SMILES string of the molecule is CCCOc1cc(N2CC(C(N)=O)CCC2C)ccc1N. The monoisotopic (exact) mass is 291 g/mol. The van der Waals surface area contributed by atoms with Gasteiger partial charge in [0.25, 0.3) is 0 Å². The minimum Gasteiger partial charge on any atom is -0.491 e. The zero-order chi connectivity index (χ0) is 15.4. The van der Waals surface area contributed by atoms with Crippen molar-refractivity contribution in [3.63, 3.8) is 0 Å². The number of primary amides is 1. The van der Waals surface area contributed by atoms with Gasteiger partial charge in [0.2, 0.25) is 5.91 Å². The zero-order valence-corrected chi connectivity index (χ0v) is 12.8. The number of hydrogen-bond acceptors (Lipinski definition) is 4. The largest absolute Gasteiger partial charge is 0.491 e. The molecule has 1 aromatic rings. The molecule has 0 radical (unpaired) electrons. The van der Waals surface area contributed by atoms with E-state index in [9.17, 15) is 4.79 Å². The first-order chi connectivity index (χ1) is 10.0. The van der Waals surface area contributed by atoms with Crippen LogP contribution in [0.1, 0.15) is 33.1 Å². The predicted molar refractivity (Wildman–Crippen MR) is 85.4 cm³/mol. The number of benzene rings is 1. The lowest BCUT2D eigenvalue weighted by Gasteiger charge is -2.38. The van der Waals surface area contributed by atoms with Crippen LogP contribution in [0.3, 0.4) is 0 Å². The van der Waals surface area contributed by atoms with Crippen LogP contribution >= 0.6 is 0 Å². The van der Waals surface area contributed by atoms with E-state index in [0.29, 0.717) is 30.6 Å². The van der Waals surface area contributed by atoms with Crippen LogP contribution in [0.5, 0.6) is 5.75 Å². The summed E-state index contributed by atoms with van der Waals surface area (Å²) in [5, 5.41) is 0. The standard InChI is InChI=1S/C16H25N3O2/c1-3-8-21-15-9-13(6-7-14(15)17)19-10-12(16(18)20)5-4-11(19)2/h6-7,9,11-12H,3-5,8,10,17H2,1-2H3,(H2,18,20). The fourth-order valence-corrected chi connectivity index (χ4v) is 2.74. The van der Waals surface area contributed by atoms with Gasteiger partial charge in [0, 0.05) is 24.3 Å². The molecule has 21 heavy (non-hydrogen) atoms. The second-order valence-electron chi connectivity index (χ2n) is 5.75. The van der Waals surface area contributed by atoms with Crippen molar-refractivity contribution in [1.82, 2.24) is 0 Å². The number of ether oxygens (including phenoxy) is 1. The predicted octanol–water partition coefficient (Wildman–Crippen LogP) is 2.15. The Labute approximate surface area is 126 Å². The van der Waals surface area contributed by atoms with E-state index in [1.165, 1.54) is 0 Å². The van der Waals surface area contributed by atoms with Crippen molar-refractivity contribution in [2.45, 2.75) is 39.2 Å². The number of nitrogen functional groups attached to an aromatic ring is 1. The molecular weight excluding hydrogens is 266 g/mol. The van der Waals surface area contributed by atoms with Crippen molar-refractivity contribution >= 4 is 17.3 Å². The number of carbonyl (C=O) groups is 1. The van der Waals surface area contributed by atoms with Crippen LogP contribution in [0.4, 0.5) is 11.4 Å². The molecule has 0 aliphatic carbocycles. The number of amides is 1. The topological polar surface area (TPSA) is 81.6 Å². The molecule has 5 heteroatoms. The maximum Gasteiger partial charge on any atom is 0.222 e. The Morgan fingerprint density at radius 2 is 2.19 bits per heavy atom. The maximum atomic E-state index is 11.5. The summed E-state index contributed by atoms with van der Waals surface area (Å²) in [5.74, 6) is 0.409. The van der Waals surface area contributed by atoms with Gasteiger partial charge in [0.05, 0.1) is 18.2 Å². The summed E-state index contributed by atoms with van der Waals surface area (Å²) in [7, 11) is 0. The number of anilines is 2. The van der Waals surface area contributed by atoms with Gasteiger partial charge in [0.15, 0.2) is 0 Å². The molecule has 1 heterocycles. The fourth-order valence-electron chi connectivity index (χ4n) is 2.74. The molecule has 1 saturated heterocycles. The molecule has 4 N–H and O–H groups in total. The molecule has 0 bridgehead atoms. The fraction of sp³-hybridized carbons (Fsp3) is 0.562. The summed E-state index contributed by atoms with van der Waals surface area (Å²) >= 11 is 0. The Morgan fingerprint density at radius 3 is 2.86 bits per heavy atom. The number of hydrogen-bond donors (Lipinski definition) is 2. The summed E-state index contributed by atoms with van der Waals surface area (Å²) in [4.78, 5) is 13.7. The summed E-state index contributed by atoms with van der Waals surface area (Å²) < 4.78 is 5.68. The van der Waals surface area contributed by atoms with Gasteiger partial charge in [-0.2, -0.15) is 0 Å². The average Bonchev–Trinajstić information content (AvgIpc) is 2.47. The summed E-state index contributed by atoms with van der Waals surface area (Å²) in [6, 6.07) is 6.18. The average molecular weight is 291 g/mol. The zero-order valence-electron chi connectivity index (χ0n) is 12.8. The van der Waals surface area contributed by atoms with Gasteiger partial charge in [-0.1, -0.05) is 6.92 Å². The Bertz CT molecular complexity index is 504. The highest BCUT2D eigenvalue weighted by Crippen LogP contribution is 2.32. The summed E-state index contributed by atoms with van der Waals surface area (Å²) in [5.41, 5.74) is 13.1. The number of nitrogens with two attached hydrogens (primary N) is 2. The molecule has 0 spiro atoms. The van der Waals surface area contributed by atoms with Crippen LogP contribution in [-0.4, -0.2) is 25.1 Å². The highest BCUT2D eigenvalue weighted by Gasteiger charge is 2.29. The molecule has 0 aromatic heterocycles. The van der Waals surface area contributed by atoms with Crippen LogP contribution in [0.15, 0.2) is 18.2 Å². The molecule has 1 aliphatic heterocycles. The quantitative estimate of drug-likeness (QED) is 0.814. The Balaban J connectivity index is 2.20. The first-order valence-electron chi connectivity index (χ1n) is 7.61. The van der Waals surface area contributed by atoms with E-state index in [4.69, 9.17) is 16.2 Å². The third-order valence-corrected chi connectivity index (χ3v) is 4.07. The lowest BCUT2D eigenvalue weighted by atomic mass is 9.92. The molecule has 2 rings (SSSR count). The van der Waals surface area contributed by atoms with Gasteiger partial charge in [-0.15, -0.1) is 0 Å². The smallest absolute Gasteiger partial charge is 0.222 e. The second-order valence-corrected chi connectivity index (χ2v) is 5.75. The number of carbonyl (C=O) groups excluding carboxylic acids is 1. The molecule has 1 aliphatic rings. The van der Waals surface area contributed by atoms with Crippen LogP contribution in [0, 0.1) is 5.92 Å². The second kappa shape index (κ2) is 6.70. The van der Waals surface area contributed by atoms with Crippen LogP contribution in [0.25, 0.3) is 0 Å². The Hall–Kier alpha value is -1.91. The van der Waals surface area contributed by atoms with Gasteiger partial charge in [-0.3, -0.25) is 4.79 Å². The van der Waals surface area contributed by atoms with E-state index in [0.717, 1.165) is 24.9 Å². The molecule has 116 valence electrons. The highest BCUT2D eigenvalue weighted by molar-refractivity contribution is 5.78. The molecule has 2 unspecified atom stereocenters. The van der Waals surface area contributed by atoms with Crippen molar-refractivity contribution < 1.29 is 9.53 Å². The molecule has 0 saturated carbocycles. The van der Waals surface area contributed by atoms with Gasteiger partial charge in [-0.25, -0.2) is 0 Å². The first kappa shape index (κ1) is 15.5. The molecule has 1 fully saturated rings. The van der Waals surface area contributed by atoms with Crippen molar-refractivity contribution in [3.8, 4) is 5.75 Å². The molecular formula is C16H25N3O2. The van der Waals surface area contributed by atoms with Crippen molar-refractivity contribution in [2.75, 3.05) is 23.8 Å². The highest BCUT2D eigenvalue weighted by atomic mass is 16.5. The maximum absolute atomic E-state index is 11.5. The molecule has 2 atom stereocenters. The van der Waals surface area contributed by atoms with Crippen LogP contribution in [-0.2, 0) is 4.79 Å².